The second kappa shape index (κ2) is 8.41. The Morgan fingerprint density at radius 1 is 1.10 bits per heavy atom. The maximum atomic E-state index is 13.1. The van der Waals surface area contributed by atoms with Gasteiger partial charge in [-0.15, -0.1) is 0 Å². The van der Waals surface area contributed by atoms with E-state index in [0.29, 0.717) is 25.9 Å². The zero-order chi connectivity index (χ0) is 21.3. The summed E-state index contributed by atoms with van der Waals surface area (Å²) in [5.74, 6) is -0.0160. The predicted molar refractivity (Wildman–Crippen MR) is 112 cm³/mol. The molecule has 1 atom stereocenters. The second-order valence-corrected chi connectivity index (χ2v) is 8.92. The summed E-state index contributed by atoms with van der Waals surface area (Å²) in [4.78, 5) is 32.2. The van der Waals surface area contributed by atoms with Crippen molar-refractivity contribution in [3.05, 3.63) is 30.1 Å². The van der Waals surface area contributed by atoms with Crippen LogP contribution in [0.3, 0.4) is 0 Å². The molecule has 7 nitrogen and oxygen atoms in total. The number of nitrogens with zero attached hydrogens (tertiary/aromatic N) is 4. The second-order valence-electron chi connectivity index (χ2n) is 8.92. The van der Waals surface area contributed by atoms with Crippen molar-refractivity contribution >= 4 is 17.7 Å². The molecule has 3 aliphatic rings. The lowest BCUT2D eigenvalue weighted by molar-refractivity contribution is -0.137. The highest BCUT2D eigenvalue weighted by molar-refractivity contribution is 5.85. The Morgan fingerprint density at radius 3 is 2.33 bits per heavy atom. The van der Waals surface area contributed by atoms with E-state index < -0.39 is 6.09 Å². The first-order valence-corrected chi connectivity index (χ1v) is 10.9. The van der Waals surface area contributed by atoms with Crippen molar-refractivity contribution in [2.75, 3.05) is 57.8 Å². The number of hydrogen-bond donors (Lipinski definition) is 1. The summed E-state index contributed by atoms with van der Waals surface area (Å²) in [6, 6.07) is 6.90. The van der Waals surface area contributed by atoms with E-state index in [-0.39, 0.29) is 23.2 Å². The molecule has 1 aromatic rings. The number of piperidine rings is 1. The van der Waals surface area contributed by atoms with Crippen LogP contribution in [0, 0.1) is 11.2 Å². The summed E-state index contributed by atoms with van der Waals surface area (Å²) in [6.07, 6.45) is 2.17. The third-order valence-electron chi connectivity index (χ3n) is 7.28. The molecule has 0 aromatic heterocycles. The number of amides is 2. The van der Waals surface area contributed by atoms with Gasteiger partial charge in [-0.05, 0) is 49.9 Å². The third-order valence-corrected chi connectivity index (χ3v) is 7.28. The highest BCUT2D eigenvalue weighted by Crippen LogP contribution is 2.44. The monoisotopic (exact) mass is 418 g/mol. The summed E-state index contributed by atoms with van der Waals surface area (Å²) < 4.78 is 13.1. The van der Waals surface area contributed by atoms with E-state index in [1.807, 2.05) is 24.1 Å². The van der Waals surface area contributed by atoms with Crippen molar-refractivity contribution in [1.82, 2.24) is 14.7 Å². The molecule has 3 saturated heterocycles. The average molecular weight is 419 g/mol. The molecule has 8 heteroatoms. The number of piperazine rings is 1. The molecule has 30 heavy (non-hydrogen) atoms. The number of rotatable bonds is 4. The van der Waals surface area contributed by atoms with Gasteiger partial charge in [-0.25, -0.2) is 9.18 Å². The van der Waals surface area contributed by atoms with Gasteiger partial charge in [0, 0.05) is 64.6 Å². The smallest absolute Gasteiger partial charge is 0.407 e. The van der Waals surface area contributed by atoms with Crippen molar-refractivity contribution in [2.45, 2.75) is 31.7 Å². The summed E-state index contributed by atoms with van der Waals surface area (Å²) in [5, 5.41) is 9.18. The van der Waals surface area contributed by atoms with Gasteiger partial charge in [0.15, 0.2) is 0 Å². The van der Waals surface area contributed by atoms with Crippen LogP contribution < -0.4 is 4.90 Å². The molecule has 3 heterocycles. The molecule has 1 aromatic carbocycles. The van der Waals surface area contributed by atoms with Crippen LogP contribution in [0.5, 0.6) is 0 Å². The fraction of sp³-hybridized carbons (Fsp3) is 0.636. The van der Waals surface area contributed by atoms with E-state index in [0.717, 1.165) is 51.3 Å². The van der Waals surface area contributed by atoms with Gasteiger partial charge in [-0.2, -0.15) is 0 Å². The number of halogens is 1. The van der Waals surface area contributed by atoms with Crippen molar-refractivity contribution < 1.29 is 19.1 Å². The maximum absolute atomic E-state index is 13.1. The lowest BCUT2D eigenvalue weighted by atomic mass is 9.76. The number of carbonyl (C=O) groups is 2. The molecular weight excluding hydrogens is 387 g/mol. The molecule has 3 fully saturated rings. The molecule has 3 aliphatic heterocycles. The van der Waals surface area contributed by atoms with Gasteiger partial charge in [-0.3, -0.25) is 9.69 Å². The van der Waals surface area contributed by atoms with Crippen LogP contribution in [-0.2, 0) is 4.79 Å². The minimum atomic E-state index is -0.889. The zero-order valence-corrected chi connectivity index (χ0v) is 17.6. The van der Waals surface area contributed by atoms with E-state index in [1.165, 1.54) is 17.0 Å². The molecule has 1 N–H and O–H groups in total. The number of benzene rings is 1. The van der Waals surface area contributed by atoms with Crippen molar-refractivity contribution in [3.63, 3.8) is 0 Å². The number of likely N-dealkylation sites (tertiary alicyclic amines) is 2. The predicted octanol–water partition coefficient (Wildman–Crippen LogP) is 2.33. The molecule has 0 unspecified atom stereocenters. The Labute approximate surface area is 177 Å². The van der Waals surface area contributed by atoms with Crippen molar-refractivity contribution in [3.8, 4) is 0 Å². The first-order valence-electron chi connectivity index (χ1n) is 10.9. The highest BCUT2D eigenvalue weighted by atomic mass is 19.1. The van der Waals surface area contributed by atoms with Gasteiger partial charge in [0.25, 0.3) is 0 Å². The number of carboxylic acid groups (broad SMARTS) is 1. The zero-order valence-electron chi connectivity index (χ0n) is 17.6. The summed E-state index contributed by atoms with van der Waals surface area (Å²) in [6.45, 7) is 5.61. The van der Waals surface area contributed by atoms with Gasteiger partial charge in [0.05, 0.1) is 5.41 Å². The fourth-order valence-electron chi connectivity index (χ4n) is 5.27. The SMILES string of the molecule is CN1C(=O)C2(CCN(C(=O)O)CC2)C[C@@H]1CCN1CCN(c2ccc(F)cc2)CC1. The Morgan fingerprint density at radius 2 is 1.73 bits per heavy atom. The average Bonchev–Trinajstić information content (AvgIpc) is 2.98. The molecular formula is C22H31FN4O3. The topological polar surface area (TPSA) is 67.3 Å². The number of hydrogen-bond acceptors (Lipinski definition) is 4. The molecule has 1 spiro atoms. The Kier molecular flexibility index (Phi) is 5.86. The van der Waals surface area contributed by atoms with Crippen LogP contribution in [0.4, 0.5) is 14.9 Å². The molecule has 0 bridgehead atoms. The summed E-state index contributed by atoms with van der Waals surface area (Å²) >= 11 is 0. The van der Waals surface area contributed by atoms with Crippen molar-refractivity contribution in [2.24, 2.45) is 5.41 Å². The highest BCUT2D eigenvalue weighted by Gasteiger charge is 2.51. The molecule has 0 aliphatic carbocycles. The van der Waals surface area contributed by atoms with Crippen molar-refractivity contribution in [1.29, 1.82) is 0 Å². The number of carbonyl (C=O) groups excluding carboxylic acids is 1. The van der Waals surface area contributed by atoms with Gasteiger partial charge >= 0.3 is 6.09 Å². The standard InChI is InChI=1S/C22H31FN4O3/c1-24-19(16-22(20(24)28)7-10-27(11-8-22)21(29)30)6-9-25-12-14-26(15-13-25)18-4-2-17(23)3-5-18/h2-5,19H,6-16H2,1H3,(H,29,30)/t19-/m0/s1. The fourth-order valence-corrected chi connectivity index (χ4v) is 5.27. The van der Waals surface area contributed by atoms with Crippen LogP contribution in [0.2, 0.25) is 0 Å². The molecule has 164 valence electrons. The van der Waals surface area contributed by atoms with E-state index in [9.17, 15) is 19.1 Å². The Bertz CT molecular complexity index is 771. The molecule has 2 amide bonds. The van der Waals surface area contributed by atoms with Gasteiger partial charge in [0.2, 0.25) is 5.91 Å². The van der Waals surface area contributed by atoms with Crippen LogP contribution >= 0.6 is 0 Å². The van der Waals surface area contributed by atoms with Gasteiger partial charge in [0.1, 0.15) is 5.82 Å². The largest absolute Gasteiger partial charge is 0.465 e. The Balaban J connectivity index is 1.26. The maximum Gasteiger partial charge on any atom is 0.407 e. The normalized spacial score (nSPS) is 24.7. The first kappa shape index (κ1) is 20.9. The van der Waals surface area contributed by atoms with E-state index in [4.69, 9.17) is 0 Å². The first-order chi connectivity index (χ1) is 14.4. The van der Waals surface area contributed by atoms with E-state index in [1.54, 1.807) is 0 Å². The van der Waals surface area contributed by atoms with Crippen LogP contribution in [-0.4, -0.2) is 90.7 Å². The van der Waals surface area contributed by atoms with E-state index >= 15 is 0 Å². The minimum Gasteiger partial charge on any atom is -0.465 e. The summed E-state index contributed by atoms with van der Waals surface area (Å²) in [5.41, 5.74) is 0.693. The third kappa shape index (κ3) is 4.10. The lowest BCUT2D eigenvalue weighted by Gasteiger charge is -2.37. The molecule has 0 radical (unpaired) electrons. The lowest BCUT2D eigenvalue weighted by Crippen LogP contribution is -2.47. The van der Waals surface area contributed by atoms with Crippen LogP contribution in [0.15, 0.2) is 24.3 Å². The molecule has 4 rings (SSSR count). The van der Waals surface area contributed by atoms with Gasteiger partial charge < -0.3 is 19.8 Å². The minimum absolute atomic E-state index is 0.193. The Hall–Kier alpha value is -2.35. The van der Waals surface area contributed by atoms with Crippen LogP contribution in [0.1, 0.15) is 25.7 Å². The van der Waals surface area contributed by atoms with E-state index in [2.05, 4.69) is 9.80 Å². The quantitative estimate of drug-likeness (QED) is 0.813. The number of anilines is 1. The summed E-state index contributed by atoms with van der Waals surface area (Å²) in [7, 11) is 1.90. The van der Waals surface area contributed by atoms with Gasteiger partial charge in [-0.1, -0.05) is 0 Å². The van der Waals surface area contributed by atoms with Crippen LogP contribution in [0.25, 0.3) is 0 Å². The molecule has 0 saturated carbocycles.